The minimum Gasteiger partial charge on any atom is -0.368 e. The Morgan fingerprint density at radius 1 is 1.48 bits per heavy atom. The van der Waals surface area contributed by atoms with Gasteiger partial charge in [-0.3, -0.25) is 9.48 Å². The second kappa shape index (κ2) is 5.65. The molecule has 6 heteroatoms. The third-order valence-corrected chi connectivity index (χ3v) is 3.63. The van der Waals surface area contributed by atoms with E-state index in [0.717, 1.165) is 17.7 Å². The number of carbonyl (C=O) groups excluding carboxylic acids is 1. The van der Waals surface area contributed by atoms with E-state index in [0.29, 0.717) is 12.4 Å². The SMILES string of the molecule is C[C@@H]1CCO[C@@H]1C(=O)Nc1cccc(-c2ncn(C)n2)c1. The Balaban J connectivity index is 1.76. The van der Waals surface area contributed by atoms with Crippen molar-refractivity contribution in [3.8, 4) is 11.4 Å². The molecule has 0 unspecified atom stereocenters. The fourth-order valence-electron chi connectivity index (χ4n) is 2.45. The van der Waals surface area contributed by atoms with Gasteiger partial charge >= 0.3 is 0 Å². The lowest BCUT2D eigenvalue weighted by Crippen LogP contribution is -2.31. The molecule has 2 atom stereocenters. The van der Waals surface area contributed by atoms with Gasteiger partial charge in [0.25, 0.3) is 5.91 Å². The van der Waals surface area contributed by atoms with Crippen LogP contribution in [0.1, 0.15) is 13.3 Å². The molecule has 0 aliphatic carbocycles. The maximum atomic E-state index is 12.2. The molecular weight excluding hydrogens is 268 g/mol. The summed E-state index contributed by atoms with van der Waals surface area (Å²) in [5.41, 5.74) is 1.60. The zero-order chi connectivity index (χ0) is 14.8. The second-order valence-corrected chi connectivity index (χ2v) is 5.37. The number of aromatic nitrogens is 3. The molecule has 1 saturated heterocycles. The van der Waals surface area contributed by atoms with Gasteiger partial charge < -0.3 is 10.1 Å². The van der Waals surface area contributed by atoms with Gasteiger partial charge in [0.2, 0.25) is 0 Å². The number of nitrogens with one attached hydrogen (secondary N) is 1. The second-order valence-electron chi connectivity index (χ2n) is 5.37. The molecule has 0 spiro atoms. The van der Waals surface area contributed by atoms with E-state index >= 15 is 0 Å². The Labute approximate surface area is 123 Å². The van der Waals surface area contributed by atoms with Gasteiger partial charge in [-0.25, -0.2) is 4.98 Å². The van der Waals surface area contributed by atoms with Crippen LogP contribution in [0.3, 0.4) is 0 Å². The predicted molar refractivity (Wildman–Crippen MR) is 78.6 cm³/mol. The molecule has 1 aromatic heterocycles. The molecule has 1 fully saturated rings. The minimum atomic E-state index is -0.360. The molecule has 1 N–H and O–H groups in total. The monoisotopic (exact) mass is 286 g/mol. The quantitative estimate of drug-likeness (QED) is 0.935. The summed E-state index contributed by atoms with van der Waals surface area (Å²) in [5.74, 6) is 0.802. The van der Waals surface area contributed by atoms with Crippen molar-refractivity contribution in [3.05, 3.63) is 30.6 Å². The van der Waals surface area contributed by atoms with Crippen molar-refractivity contribution in [1.82, 2.24) is 14.8 Å². The fraction of sp³-hybridized carbons (Fsp3) is 0.400. The summed E-state index contributed by atoms with van der Waals surface area (Å²) >= 11 is 0. The van der Waals surface area contributed by atoms with E-state index in [1.165, 1.54) is 0 Å². The molecule has 1 aromatic carbocycles. The molecule has 2 aromatic rings. The predicted octanol–water partition coefficient (Wildman–Crippen LogP) is 1.85. The molecule has 1 aliphatic rings. The fourth-order valence-corrected chi connectivity index (χ4v) is 2.45. The number of ether oxygens (including phenoxy) is 1. The van der Waals surface area contributed by atoms with Crippen LogP contribution >= 0.6 is 0 Å². The van der Waals surface area contributed by atoms with Crippen molar-refractivity contribution in [3.63, 3.8) is 0 Å². The van der Waals surface area contributed by atoms with Crippen LogP contribution in [0.5, 0.6) is 0 Å². The molecule has 2 heterocycles. The van der Waals surface area contributed by atoms with Crippen LogP contribution in [0.25, 0.3) is 11.4 Å². The highest BCUT2D eigenvalue weighted by Crippen LogP contribution is 2.23. The van der Waals surface area contributed by atoms with E-state index in [-0.39, 0.29) is 17.9 Å². The molecule has 21 heavy (non-hydrogen) atoms. The number of nitrogens with zero attached hydrogens (tertiary/aromatic N) is 3. The lowest BCUT2D eigenvalue weighted by atomic mass is 10.0. The molecule has 1 aliphatic heterocycles. The van der Waals surface area contributed by atoms with Crippen LogP contribution in [-0.4, -0.2) is 33.4 Å². The average molecular weight is 286 g/mol. The van der Waals surface area contributed by atoms with Crippen LogP contribution in [0.2, 0.25) is 0 Å². The van der Waals surface area contributed by atoms with E-state index in [9.17, 15) is 4.79 Å². The average Bonchev–Trinajstić information content (AvgIpc) is 3.08. The molecule has 3 rings (SSSR count). The zero-order valence-corrected chi connectivity index (χ0v) is 12.1. The summed E-state index contributed by atoms with van der Waals surface area (Å²) in [6, 6.07) is 7.51. The summed E-state index contributed by atoms with van der Waals surface area (Å²) in [6.07, 6.45) is 2.21. The van der Waals surface area contributed by atoms with Crippen molar-refractivity contribution in [1.29, 1.82) is 0 Å². The van der Waals surface area contributed by atoms with Crippen LogP contribution < -0.4 is 5.32 Å². The van der Waals surface area contributed by atoms with Crippen molar-refractivity contribution in [2.75, 3.05) is 11.9 Å². The summed E-state index contributed by atoms with van der Waals surface area (Å²) in [5, 5.41) is 7.16. The molecule has 1 amide bonds. The highest BCUT2D eigenvalue weighted by atomic mass is 16.5. The zero-order valence-electron chi connectivity index (χ0n) is 12.1. The van der Waals surface area contributed by atoms with Crippen molar-refractivity contribution in [2.45, 2.75) is 19.4 Å². The third kappa shape index (κ3) is 2.95. The number of rotatable bonds is 3. The third-order valence-electron chi connectivity index (χ3n) is 3.63. The summed E-state index contributed by atoms with van der Waals surface area (Å²) in [4.78, 5) is 16.4. The Morgan fingerprint density at radius 2 is 2.33 bits per heavy atom. The molecule has 6 nitrogen and oxygen atoms in total. The van der Waals surface area contributed by atoms with Crippen LogP contribution in [-0.2, 0) is 16.6 Å². The lowest BCUT2D eigenvalue weighted by molar-refractivity contribution is -0.126. The normalized spacial score (nSPS) is 21.4. The molecule has 0 saturated carbocycles. The van der Waals surface area contributed by atoms with Crippen LogP contribution in [0.15, 0.2) is 30.6 Å². The van der Waals surface area contributed by atoms with Crippen molar-refractivity contribution >= 4 is 11.6 Å². The first-order valence-corrected chi connectivity index (χ1v) is 7.02. The molecule has 110 valence electrons. The standard InChI is InChI=1S/C15H18N4O2/c1-10-6-7-21-13(10)15(20)17-12-5-3-4-11(8-12)14-16-9-19(2)18-14/h3-5,8-10,13H,6-7H2,1-2H3,(H,17,20)/t10-,13+/m1/s1. The molecule has 0 bridgehead atoms. The van der Waals surface area contributed by atoms with E-state index in [1.54, 1.807) is 11.0 Å². The number of anilines is 1. The first-order chi connectivity index (χ1) is 10.1. The first kappa shape index (κ1) is 13.8. The van der Waals surface area contributed by atoms with Gasteiger partial charge in [0.1, 0.15) is 12.4 Å². The van der Waals surface area contributed by atoms with Gasteiger partial charge in [-0.15, -0.1) is 0 Å². The van der Waals surface area contributed by atoms with E-state index < -0.39 is 0 Å². The number of hydrogen-bond donors (Lipinski definition) is 1. The maximum absolute atomic E-state index is 12.2. The Bertz CT molecular complexity index is 653. The summed E-state index contributed by atoms with van der Waals surface area (Å²) < 4.78 is 7.12. The van der Waals surface area contributed by atoms with Gasteiger partial charge in [0.05, 0.1) is 0 Å². The molecule has 0 radical (unpaired) electrons. The largest absolute Gasteiger partial charge is 0.368 e. The van der Waals surface area contributed by atoms with Crippen molar-refractivity contribution in [2.24, 2.45) is 13.0 Å². The smallest absolute Gasteiger partial charge is 0.253 e. The number of carbonyl (C=O) groups is 1. The van der Waals surface area contributed by atoms with Gasteiger partial charge in [-0.1, -0.05) is 19.1 Å². The number of aryl methyl sites for hydroxylation is 1. The number of amides is 1. The highest BCUT2D eigenvalue weighted by molar-refractivity contribution is 5.95. The van der Waals surface area contributed by atoms with E-state index in [1.807, 2.05) is 38.2 Å². The lowest BCUT2D eigenvalue weighted by Gasteiger charge is -2.14. The van der Waals surface area contributed by atoms with E-state index in [2.05, 4.69) is 15.4 Å². The highest BCUT2D eigenvalue weighted by Gasteiger charge is 2.30. The topological polar surface area (TPSA) is 69.0 Å². The molecular formula is C15H18N4O2. The minimum absolute atomic E-state index is 0.0915. The van der Waals surface area contributed by atoms with Gasteiger partial charge in [0, 0.05) is 24.9 Å². The Morgan fingerprint density at radius 3 is 3.00 bits per heavy atom. The maximum Gasteiger partial charge on any atom is 0.253 e. The Kier molecular flexibility index (Phi) is 3.70. The van der Waals surface area contributed by atoms with Gasteiger partial charge in [-0.05, 0) is 24.5 Å². The number of hydrogen-bond acceptors (Lipinski definition) is 4. The van der Waals surface area contributed by atoms with Crippen LogP contribution in [0, 0.1) is 5.92 Å². The van der Waals surface area contributed by atoms with Gasteiger partial charge in [-0.2, -0.15) is 5.10 Å². The van der Waals surface area contributed by atoms with E-state index in [4.69, 9.17) is 4.74 Å². The Hall–Kier alpha value is -2.21. The van der Waals surface area contributed by atoms with Gasteiger partial charge in [0.15, 0.2) is 5.82 Å². The van der Waals surface area contributed by atoms with Crippen LogP contribution in [0.4, 0.5) is 5.69 Å². The summed E-state index contributed by atoms with van der Waals surface area (Å²) in [6.45, 7) is 2.68. The summed E-state index contributed by atoms with van der Waals surface area (Å²) in [7, 11) is 1.82. The first-order valence-electron chi connectivity index (χ1n) is 7.02. The van der Waals surface area contributed by atoms with Crippen molar-refractivity contribution < 1.29 is 9.53 Å². The number of benzene rings is 1.